The molecule has 0 fully saturated rings. The van der Waals surface area contributed by atoms with Crippen LogP contribution in [0.2, 0.25) is 5.02 Å². The third-order valence-electron chi connectivity index (χ3n) is 3.69. The van der Waals surface area contributed by atoms with Crippen molar-refractivity contribution in [1.29, 1.82) is 0 Å². The number of fused-ring (bicyclic) bond motifs is 3. The number of ether oxygens (including phenoxy) is 1. The highest BCUT2D eigenvalue weighted by Crippen LogP contribution is 2.38. The van der Waals surface area contributed by atoms with E-state index in [2.05, 4.69) is 4.57 Å². The molecule has 0 saturated heterocycles. The van der Waals surface area contributed by atoms with Crippen molar-refractivity contribution in [2.45, 2.75) is 13.5 Å². The summed E-state index contributed by atoms with van der Waals surface area (Å²) in [4.78, 5) is 11.7. The van der Waals surface area contributed by atoms with Crippen molar-refractivity contribution < 1.29 is 14.6 Å². The summed E-state index contributed by atoms with van der Waals surface area (Å²) in [6.45, 7) is 2.78. The Labute approximate surface area is 126 Å². The first-order valence-corrected chi connectivity index (χ1v) is 6.98. The fourth-order valence-electron chi connectivity index (χ4n) is 2.76. The summed E-state index contributed by atoms with van der Waals surface area (Å²) in [5.74, 6) is -0.632. The van der Waals surface area contributed by atoms with Crippen LogP contribution >= 0.6 is 11.6 Å². The highest BCUT2D eigenvalue weighted by atomic mass is 35.5. The molecule has 0 saturated carbocycles. The van der Waals surface area contributed by atoms with Gasteiger partial charge in [-0.15, -0.1) is 0 Å². The summed E-state index contributed by atoms with van der Waals surface area (Å²) in [6, 6.07) is 8.92. The lowest BCUT2D eigenvalue weighted by atomic mass is 10.1. The molecule has 1 aromatic heterocycles. The van der Waals surface area contributed by atoms with Crippen LogP contribution in [0, 0.1) is 0 Å². The molecule has 0 amide bonds. The third kappa shape index (κ3) is 1.94. The number of rotatable bonds is 2. The number of halogens is 1. The Morgan fingerprint density at radius 2 is 2.00 bits per heavy atom. The van der Waals surface area contributed by atoms with Gasteiger partial charge in [-0.2, -0.15) is 0 Å². The highest BCUT2D eigenvalue weighted by molar-refractivity contribution is 6.32. The summed E-state index contributed by atoms with van der Waals surface area (Å²) in [5, 5.41) is 12.5. The van der Waals surface area contributed by atoms with Gasteiger partial charge in [-0.3, -0.25) is 0 Å². The molecule has 108 valence electrons. The molecule has 3 rings (SSSR count). The molecule has 1 N–H and O–H groups in total. The Balaban J connectivity index is 2.50. The summed E-state index contributed by atoms with van der Waals surface area (Å²) in [5.41, 5.74) is 1.98. The summed E-state index contributed by atoms with van der Waals surface area (Å²) >= 11 is 6.07. The molecule has 0 bridgehead atoms. The predicted molar refractivity (Wildman–Crippen MR) is 83.1 cm³/mol. The lowest BCUT2D eigenvalue weighted by molar-refractivity contribution is 0.0598. The van der Waals surface area contributed by atoms with Crippen LogP contribution in [0.4, 0.5) is 0 Å². The molecule has 0 radical (unpaired) electrons. The Morgan fingerprint density at radius 3 is 2.67 bits per heavy atom. The van der Waals surface area contributed by atoms with Crippen molar-refractivity contribution >= 4 is 39.4 Å². The van der Waals surface area contributed by atoms with Crippen LogP contribution in [0.15, 0.2) is 30.3 Å². The van der Waals surface area contributed by atoms with E-state index in [4.69, 9.17) is 16.3 Å². The van der Waals surface area contributed by atoms with Gasteiger partial charge < -0.3 is 14.4 Å². The topological polar surface area (TPSA) is 51.5 Å². The van der Waals surface area contributed by atoms with Crippen molar-refractivity contribution in [3.8, 4) is 5.75 Å². The minimum Gasteiger partial charge on any atom is -0.506 e. The van der Waals surface area contributed by atoms with E-state index < -0.39 is 5.97 Å². The highest BCUT2D eigenvalue weighted by Gasteiger charge is 2.19. The lowest BCUT2D eigenvalue weighted by Gasteiger charge is -2.06. The number of aromatic hydroxyl groups is 1. The molecule has 2 aromatic carbocycles. The number of methoxy groups -OCH3 is 1. The molecule has 21 heavy (non-hydrogen) atoms. The van der Waals surface area contributed by atoms with E-state index in [1.165, 1.54) is 7.11 Å². The molecule has 0 aliphatic carbocycles. The van der Waals surface area contributed by atoms with Crippen LogP contribution in [0.25, 0.3) is 21.8 Å². The fourth-order valence-corrected chi connectivity index (χ4v) is 2.93. The zero-order chi connectivity index (χ0) is 15.1. The smallest absolute Gasteiger partial charge is 0.341 e. The number of carbonyl (C=O) groups is 1. The second-order valence-electron chi connectivity index (χ2n) is 4.75. The number of aromatic nitrogens is 1. The van der Waals surface area contributed by atoms with Gasteiger partial charge in [0.05, 0.1) is 18.0 Å². The van der Waals surface area contributed by atoms with Gasteiger partial charge in [0, 0.05) is 22.5 Å². The molecule has 0 unspecified atom stereocenters. The van der Waals surface area contributed by atoms with Gasteiger partial charge in [0.1, 0.15) is 11.3 Å². The van der Waals surface area contributed by atoms with E-state index in [-0.39, 0.29) is 11.3 Å². The van der Waals surface area contributed by atoms with Crippen LogP contribution in [0.1, 0.15) is 17.3 Å². The van der Waals surface area contributed by atoms with Gasteiger partial charge in [0.25, 0.3) is 0 Å². The molecule has 5 heteroatoms. The SMILES string of the molecule is CCn1c2ccc(Cl)cc2c2c(O)c(C(=O)OC)ccc21. The number of phenolic OH excluding ortho intramolecular Hbond substituents is 1. The Bertz CT molecular complexity index is 867. The minimum absolute atomic E-state index is 0.0705. The number of phenols is 1. The van der Waals surface area contributed by atoms with E-state index in [9.17, 15) is 9.90 Å². The van der Waals surface area contributed by atoms with Crippen molar-refractivity contribution in [3.63, 3.8) is 0 Å². The molecule has 0 spiro atoms. The van der Waals surface area contributed by atoms with Gasteiger partial charge in [0.2, 0.25) is 0 Å². The van der Waals surface area contributed by atoms with Gasteiger partial charge in [0.15, 0.2) is 0 Å². The fraction of sp³-hybridized carbons (Fsp3) is 0.188. The normalized spacial score (nSPS) is 11.2. The number of hydrogen-bond donors (Lipinski definition) is 1. The second-order valence-corrected chi connectivity index (χ2v) is 5.19. The van der Waals surface area contributed by atoms with Crippen LogP contribution in [-0.4, -0.2) is 22.8 Å². The minimum atomic E-state index is -0.561. The third-order valence-corrected chi connectivity index (χ3v) is 3.92. The molecular weight excluding hydrogens is 290 g/mol. The molecule has 0 aliphatic rings. The van der Waals surface area contributed by atoms with E-state index in [1.54, 1.807) is 12.1 Å². The number of esters is 1. The maximum atomic E-state index is 11.7. The zero-order valence-corrected chi connectivity index (χ0v) is 12.4. The predicted octanol–water partition coefficient (Wildman–Crippen LogP) is 3.96. The Morgan fingerprint density at radius 1 is 1.29 bits per heavy atom. The molecule has 1 heterocycles. The molecular formula is C16H14ClNO3. The quantitative estimate of drug-likeness (QED) is 0.729. The van der Waals surface area contributed by atoms with Crippen LogP contribution < -0.4 is 0 Å². The number of benzene rings is 2. The Hall–Kier alpha value is -2.20. The van der Waals surface area contributed by atoms with E-state index in [1.807, 2.05) is 25.1 Å². The van der Waals surface area contributed by atoms with Crippen molar-refractivity contribution in [1.82, 2.24) is 4.57 Å². The molecule has 0 atom stereocenters. The number of aryl methyl sites for hydroxylation is 1. The van der Waals surface area contributed by atoms with Crippen LogP contribution in [-0.2, 0) is 11.3 Å². The van der Waals surface area contributed by atoms with E-state index in [0.717, 1.165) is 23.0 Å². The second kappa shape index (κ2) is 4.97. The standard InChI is InChI=1S/C16H14ClNO3/c1-3-18-12-6-4-9(17)8-11(12)14-13(18)7-5-10(15(14)19)16(20)21-2/h4-8,19H,3H2,1-2H3. The number of nitrogens with zero attached hydrogens (tertiary/aromatic N) is 1. The average molecular weight is 304 g/mol. The monoisotopic (exact) mass is 303 g/mol. The summed E-state index contributed by atoms with van der Waals surface area (Å²) < 4.78 is 6.77. The maximum Gasteiger partial charge on any atom is 0.341 e. The van der Waals surface area contributed by atoms with Gasteiger partial charge in [-0.1, -0.05) is 11.6 Å². The van der Waals surface area contributed by atoms with Gasteiger partial charge in [-0.25, -0.2) is 4.79 Å². The number of hydrogen-bond acceptors (Lipinski definition) is 3. The first kappa shape index (κ1) is 13.8. The van der Waals surface area contributed by atoms with Crippen LogP contribution in [0.3, 0.4) is 0 Å². The van der Waals surface area contributed by atoms with Crippen molar-refractivity contribution in [2.24, 2.45) is 0 Å². The molecule has 0 aliphatic heterocycles. The molecule has 4 nitrogen and oxygen atoms in total. The van der Waals surface area contributed by atoms with Crippen LogP contribution in [0.5, 0.6) is 5.75 Å². The molecule has 3 aromatic rings. The van der Waals surface area contributed by atoms with Crippen molar-refractivity contribution in [2.75, 3.05) is 7.11 Å². The van der Waals surface area contributed by atoms with Gasteiger partial charge in [-0.05, 0) is 37.3 Å². The number of carbonyl (C=O) groups excluding carboxylic acids is 1. The van der Waals surface area contributed by atoms with E-state index in [0.29, 0.717) is 10.4 Å². The largest absolute Gasteiger partial charge is 0.506 e. The maximum absolute atomic E-state index is 11.7. The summed E-state index contributed by atoms with van der Waals surface area (Å²) in [6.07, 6.45) is 0. The zero-order valence-electron chi connectivity index (χ0n) is 11.7. The average Bonchev–Trinajstić information content (AvgIpc) is 2.80. The van der Waals surface area contributed by atoms with E-state index >= 15 is 0 Å². The first-order chi connectivity index (χ1) is 10.1. The summed E-state index contributed by atoms with van der Waals surface area (Å²) in [7, 11) is 1.29. The lowest BCUT2D eigenvalue weighted by Crippen LogP contribution is -2.01. The first-order valence-electron chi connectivity index (χ1n) is 6.60. The Kier molecular flexibility index (Phi) is 3.26. The van der Waals surface area contributed by atoms with Gasteiger partial charge >= 0.3 is 5.97 Å². The van der Waals surface area contributed by atoms with Crippen molar-refractivity contribution in [3.05, 3.63) is 40.9 Å².